The van der Waals surface area contributed by atoms with Crippen LogP contribution in [0.5, 0.6) is 0 Å². The molecule has 0 fully saturated rings. The number of aryl methyl sites for hydroxylation is 1. The van der Waals surface area contributed by atoms with Crippen molar-refractivity contribution in [2.24, 2.45) is 0 Å². The Morgan fingerprint density at radius 1 is 1.07 bits per heavy atom. The largest absolute Gasteiger partial charge is 0.424 e. The predicted octanol–water partition coefficient (Wildman–Crippen LogP) is -0.144. The number of halogens is 2. The molecule has 0 bridgehead atoms. The van der Waals surface area contributed by atoms with Crippen LogP contribution < -0.4 is 21.2 Å². The summed E-state index contributed by atoms with van der Waals surface area (Å²) in [7, 11) is 0. The molecule has 1 heterocycles. The zero-order chi connectivity index (χ0) is 9.97. The topological polar surface area (TPSA) is 13.1 Å². The van der Waals surface area contributed by atoms with E-state index in [1.165, 1.54) is 15.7 Å². The van der Waals surface area contributed by atoms with Crippen LogP contribution in [0.1, 0.15) is 5.76 Å². The van der Waals surface area contributed by atoms with E-state index in [0.29, 0.717) is 0 Å². The van der Waals surface area contributed by atoms with Gasteiger partial charge in [-0.25, -0.2) is 4.39 Å². The van der Waals surface area contributed by atoms with Crippen LogP contribution in [-0.2, 0) is 0 Å². The van der Waals surface area contributed by atoms with E-state index in [-0.39, 0.29) is 27.0 Å². The van der Waals surface area contributed by atoms with E-state index in [1.54, 1.807) is 0 Å². The molecular formula is C11H9FIO+. The molecule has 14 heavy (non-hydrogen) atoms. The van der Waals surface area contributed by atoms with Gasteiger partial charge in [0, 0.05) is 6.07 Å². The zero-order valence-corrected chi connectivity index (χ0v) is 9.79. The van der Waals surface area contributed by atoms with Crippen molar-refractivity contribution in [2.45, 2.75) is 6.92 Å². The molecule has 0 atom stereocenters. The summed E-state index contributed by atoms with van der Waals surface area (Å²) >= 11 is -0.297. The van der Waals surface area contributed by atoms with Gasteiger partial charge in [0.2, 0.25) is 0 Å². The van der Waals surface area contributed by atoms with Gasteiger partial charge in [-0.2, -0.15) is 0 Å². The van der Waals surface area contributed by atoms with Crippen molar-refractivity contribution >= 4 is 0 Å². The third-order valence-electron chi connectivity index (χ3n) is 1.71. The van der Waals surface area contributed by atoms with Gasteiger partial charge in [-0.3, -0.25) is 0 Å². The average Bonchev–Trinajstić information content (AvgIpc) is 2.56. The van der Waals surface area contributed by atoms with E-state index in [1.807, 2.05) is 31.2 Å². The van der Waals surface area contributed by atoms with Gasteiger partial charge in [-0.15, -0.1) is 0 Å². The molecule has 1 aromatic heterocycles. The summed E-state index contributed by atoms with van der Waals surface area (Å²) in [5.41, 5.74) is 0. The Morgan fingerprint density at radius 2 is 1.79 bits per heavy atom. The molecule has 2 aromatic rings. The van der Waals surface area contributed by atoms with Crippen molar-refractivity contribution in [2.75, 3.05) is 0 Å². The molecule has 0 unspecified atom stereocenters. The minimum atomic E-state index is -0.297. The van der Waals surface area contributed by atoms with Gasteiger partial charge < -0.3 is 4.42 Å². The first-order valence-corrected chi connectivity index (χ1v) is 6.36. The van der Waals surface area contributed by atoms with E-state index < -0.39 is 0 Å². The first-order valence-electron chi connectivity index (χ1n) is 4.21. The van der Waals surface area contributed by atoms with Crippen LogP contribution >= 0.6 is 0 Å². The van der Waals surface area contributed by atoms with Crippen molar-refractivity contribution in [1.82, 2.24) is 0 Å². The Labute approximate surface area is 92.2 Å². The van der Waals surface area contributed by atoms with Crippen LogP contribution in [0.25, 0.3) is 0 Å². The molecule has 0 saturated carbocycles. The van der Waals surface area contributed by atoms with Gasteiger partial charge in [0.25, 0.3) is 0 Å². The lowest BCUT2D eigenvalue weighted by Crippen LogP contribution is -3.61. The summed E-state index contributed by atoms with van der Waals surface area (Å²) in [4.78, 5) is 0. The van der Waals surface area contributed by atoms with Crippen molar-refractivity contribution in [3.05, 3.63) is 55.3 Å². The monoisotopic (exact) mass is 303 g/mol. The van der Waals surface area contributed by atoms with Gasteiger partial charge >= 0.3 is 25.0 Å². The minimum Gasteiger partial charge on any atom is -0.424 e. The predicted molar refractivity (Wildman–Crippen MR) is 47.2 cm³/mol. The van der Waals surface area contributed by atoms with E-state index in [9.17, 15) is 4.39 Å². The van der Waals surface area contributed by atoms with Crippen LogP contribution in [0.2, 0.25) is 0 Å². The second-order valence-corrected chi connectivity index (χ2v) is 5.73. The summed E-state index contributed by atoms with van der Waals surface area (Å²) in [6.45, 7) is 1.93. The van der Waals surface area contributed by atoms with E-state index in [2.05, 4.69) is 0 Å². The number of hydrogen-bond acceptors (Lipinski definition) is 1. The fourth-order valence-corrected chi connectivity index (χ4v) is 3.21. The van der Waals surface area contributed by atoms with Gasteiger partial charge in [-0.1, -0.05) is 0 Å². The summed E-state index contributed by atoms with van der Waals surface area (Å²) in [6.07, 6.45) is 0. The summed E-state index contributed by atoms with van der Waals surface area (Å²) in [5.74, 6) is 0.746. The third kappa shape index (κ3) is 2.35. The van der Waals surface area contributed by atoms with Crippen molar-refractivity contribution < 1.29 is 30.0 Å². The van der Waals surface area contributed by atoms with Crippen LogP contribution in [0.4, 0.5) is 4.39 Å². The SMILES string of the molecule is Cc1ccc([I+]c2ccc(F)cc2)o1. The van der Waals surface area contributed by atoms with E-state index in [4.69, 9.17) is 4.42 Å². The second-order valence-electron chi connectivity index (χ2n) is 2.88. The van der Waals surface area contributed by atoms with Gasteiger partial charge in [0.15, 0.2) is 3.57 Å². The summed E-state index contributed by atoms with van der Waals surface area (Å²) < 4.78 is 20.3. The molecule has 0 aliphatic heterocycles. The molecule has 0 amide bonds. The third-order valence-corrected chi connectivity index (χ3v) is 4.17. The van der Waals surface area contributed by atoms with Crippen LogP contribution in [0.15, 0.2) is 40.8 Å². The van der Waals surface area contributed by atoms with Crippen molar-refractivity contribution in [1.29, 1.82) is 0 Å². The molecule has 72 valence electrons. The fraction of sp³-hybridized carbons (Fsp3) is 0.0909. The normalized spacial score (nSPS) is 10.4. The summed E-state index contributed by atoms with van der Waals surface area (Å²) in [6, 6.07) is 10.6. The molecule has 0 spiro atoms. The highest BCUT2D eigenvalue weighted by Gasteiger charge is 2.19. The summed E-state index contributed by atoms with van der Waals surface area (Å²) in [5, 5.41) is 0. The Balaban J connectivity index is 2.15. The molecule has 0 radical (unpaired) electrons. The van der Waals surface area contributed by atoms with Gasteiger partial charge in [-0.05, 0) is 37.3 Å². The van der Waals surface area contributed by atoms with Crippen LogP contribution in [0.3, 0.4) is 0 Å². The molecular weight excluding hydrogens is 294 g/mol. The molecule has 2 rings (SSSR count). The number of benzene rings is 1. The molecule has 0 aliphatic carbocycles. The standard InChI is InChI=1S/C11H9FIO/c1-8-2-7-11(14-8)13-10-5-3-9(12)4-6-10/h2-7H,1H3/q+1. The highest BCUT2D eigenvalue weighted by Crippen LogP contribution is 1.96. The molecule has 0 saturated heterocycles. The van der Waals surface area contributed by atoms with Gasteiger partial charge in [0.05, 0.1) is 0 Å². The Kier molecular flexibility index (Phi) is 2.86. The zero-order valence-electron chi connectivity index (χ0n) is 7.63. The first-order chi connectivity index (χ1) is 6.74. The lowest BCUT2D eigenvalue weighted by Gasteiger charge is -1.84. The number of rotatable bonds is 2. The quantitative estimate of drug-likeness (QED) is 0.704. The highest BCUT2D eigenvalue weighted by atomic mass is 127. The molecule has 0 aliphatic rings. The molecule has 1 nitrogen and oxygen atoms in total. The average molecular weight is 303 g/mol. The number of hydrogen-bond donors (Lipinski definition) is 0. The molecule has 3 heteroatoms. The van der Waals surface area contributed by atoms with E-state index in [0.717, 1.165) is 9.53 Å². The number of furan rings is 1. The molecule has 0 N–H and O–H groups in total. The first kappa shape index (κ1) is 9.71. The maximum atomic E-state index is 12.6. The lowest BCUT2D eigenvalue weighted by atomic mass is 10.4. The smallest absolute Gasteiger partial charge is 0.400 e. The Hall–Kier alpha value is -0.840. The van der Waals surface area contributed by atoms with E-state index >= 15 is 0 Å². The minimum absolute atomic E-state index is 0.187. The Morgan fingerprint density at radius 3 is 2.36 bits per heavy atom. The van der Waals surface area contributed by atoms with Gasteiger partial charge in [0.1, 0.15) is 11.6 Å². The lowest BCUT2D eigenvalue weighted by molar-refractivity contribution is -0.617. The Bertz CT molecular complexity index is 419. The van der Waals surface area contributed by atoms with Crippen LogP contribution in [0, 0.1) is 20.1 Å². The van der Waals surface area contributed by atoms with Crippen molar-refractivity contribution in [3.8, 4) is 0 Å². The maximum Gasteiger partial charge on any atom is 0.400 e. The molecule has 1 aromatic carbocycles. The van der Waals surface area contributed by atoms with Crippen molar-refractivity contribution in [3.63, 3.8) is 0 Å². The highest BCUT2D eigenvalue weighted by molar-refractivity contribution is 5.02. The maximum absolute atomic E-state index is 12.6. The second kappa shape index (κ2) is 4.13. The fourth-order valence-electron chi connectivity index (χ4n) is 1.06. The van der Waals surface area contributed by atoms with Crippen LogP contribution in [-0.4, -0.2) is 0 Å².